The van der Waals surface area contributed by atoms with Gasteiger partial charge in [-0.2, -0.15) is 10.2 Å². The number of aryl methyl sites for hydroxylation is 6. The molecule has 0 saturated carbocycles. The van der Waals surface area contributed by atoms with Crippen molar-refractivity contribution in [2.24, 2.45) is 0 Å². The first kappa shape index (κ1) is 60.8. The second-order valence-corrected chi connectivity index (χ2v) is 8.71. The summed E-state index contributed by atoms with van der Waals surface area (Å²) in [5.74, 6) is 0. The van der Waals surface area contributed by atoms with Crippen LogP contribution in [-0.4, -0.2) is 45.1 Å². The Hall–Kier alpha value is -5.31. The highest BCUT2D eigenvalue weighted by atomic mass is 15.1. The van der Waals surface area contributed by atoms with Gasteiger partial charge in [-0.15, -0.1) is 0 Å². The van der Waals surface area contributed by atoms with E-state index in [1.165, 1.54) is 23.8 Å². The third-order valence-electron chi connectivity index (χ3n) is 4.62. The number of nitrogens with zero attached hydrogens (tertiary/aromatic N) is 9. The average Bonchev–Trinajstić information content (AvgIpc) is 3.25. The van der Waals surface area contributed by atoms with Crippen LogP contribution >= 0.6 is 0 Å². The van der Waals surface area contributed by atoms with E-state index in [4.69, 9.17) is 0 Å². The van der Waals surface area contributed by atoms with Crippen LogP contribution < -0.4 is 0 Å². The summed E-state index contributed by atoms with van der Waals surface area (Å²) in [6, 6.07) is 17.5. The van der Waals surface area contributed by atoms with Crippen LogP contribution in [0.15, 0.2) is 129 Å². The molecule has 0 atom stereocenters. The first-order chi connectivity index (χ1) is 26.4. The highest BCUT2D eigenvalue weighted by Crippen LogP contribution is 1.90. The number of pyridine rings is 3. The smallest absolute Gasteiger partial charge is 0.115 e. The standard InChI is InChI=1S/3C6H7N.3C5H6N2.6C2H6/c1-6-2-4-7-5-3-6;1-6-3-2-4-7-5-6;1-6-4-2-3-5-7-6;1-5-2-6-4-7-3-5;1-5-2-3-6-4-7-5;1-5-2-3-6-7-4-5;6*1-2/h3*2-5H,1H3;3*2-4H,1H3;6*1-2H3. The fourth-order valence-corrected chi connectivity index (χ4v) is 2.41. The molecule has 0 bridgehead atoms. The molecule has 0 saturated heterocycles. The van der Waals surface area contributed by atoms with Crippen LogP contribution in [0.4, 0.5) is 0 Å². The molecule has 0 N–H and O–H groups in total. The minimum absolute atomic E-state index is 1.01. The molecule has 6 heterocycles. The first-order valence-electron chi connectivity index (χ1n) is 19.1. The molecule has 54 heavy (non-hydrogen) atoms. The Morgan fingerprint density at radius 1 is 0.296 bits per heavy atom. The van der Waals surface area contributed by atoms with E-state index >= 15 is 0 Å². The van der Waals surface area contributed by atoms with Gasteiger partial charge in [0.25, 0.3) is 0 Å². The van der Waals surface area contributed by atoms with Crippen LogP contribution in [0.3, 0.4) is 0 Å². The molecule has 0 aliphatic carbocycles. The lowest BCUT2D eigenvalue weighted by molar-refractivity contribution is 1.01. The van der Waals surface area contributed by atoms with E-state index < -0.39 is 0 Å². The van der Waals surface area contributed by atoms with Crippen molar-refractivity contribution in [3.8, 4) is 0 Å². The summed E-state index contributed by atoms with van der Waals surface area (Å²) >= 11 is 0. The maximum absolute atomic E-state index is 3.98. The van der Waals surface area contributed by atoms with Crippen molar-refractivity contribution in [2.45, 2.75) is 125 Å². The van der Waals surface area contributed by atoms with E-state index in [-0.39, 0.29) is 0 Å². The molecule has 0 aliphatic rings. The Bertz CT molecular complexity index is 1110. The molecule has 0 unspecified atom stereocenters. The maximum atomic E-state index is 3.98. The third-order valence-corrected chi connectivity index (χ3v) is 4.62. The third kappa shape index (κ3) is 53.5. The lowest BCUT2D eigenvalue weighted by Crippen LogP contribution is -1.77. The second kappa shape index (κ2) is 57.0. The Labute approximate surface area is 331 Å². The summed E-state index contributed by atoms with van der Waals surface area (Å²) in [7, 11) is 0. The van der Waals surface area contributed by atoms with Crippen LogP contribution in [0.25, 0.3) is 0 Å². The highest BCUT2D eigenvalue weighted by Gasteiger charge is 1.77. The quantitative estimate of drug-likeness (QED) is 0.150. The van der Waals surface area contributed by atoms with Gasteiger partial charge in [-0.05, 0) is 106 Å². The molecule has 0 aromatic carbocycles. The number of aromatic nitrogens is 9. The van der Waals surface area contributed by atoms with E-state index in [0.29, 0.717) is 0 Å². The van der Waals surface area contributed by atoms with Crippen molar-refractivity contribution >= 4 is 0 Å². The molecular weight excluding hydrogens is 667 g/mol. The lowest BCUT2D eigenvalue weighted by Gasteiger charge is -1.82. The van der Waals surface area contributed by atoms with Gasteiger partial charge in [0.2, 0.25) is 0 Å². The van der Waals surface area contributed by atoms with E-state index in [0.717, 1.165) is 22.5 Å². The van der Waals surface area contributed by atoms with Crippen LogP contribution in [0.5, 0.6) is 0 Å². The zero-order chi connectivity index (χ0) is 42.7. The van der Waals surface area contributed by atoms with Crippen molar-refractivity contribution < 1.29 is 0 Å². The normalized spacial score (nSPS) is 7.44. The SMILES string of the molecule is CC.CC.CC.CC.CC.CC.Cc1ccccn1.Cc1cccnc1.Cc1ccncc1.Cc1ccncn1.Cc1ccnnc1.Cc1cncnc1. The topological polar surface area (TPSA) is 116 Å². The predicted octanol–water partition coefficient (Wildman–Crippen LogP) is 12.7. The van der Waals surface area contributed by atoms with E-state index in [1.54, 1.807) is 55.8 Å². The fraction of sp³-hybridized carbons (Fsp3) is 0.400. The maximum Gasteiger partial charge on any atom is 0.115 e. The predicted molar refractivity (Wildman–Crippen MR) is 235 cm³/mol. The molecular formula is C45H75N9. The minimum Gasteiger partial charge on any atom is -0.265 e. The zero-order valence-electron chi connectivity index (χ0n) is 37.1. The van der Waals surface area contributed by atoms with E-state index in [1.807, 2.05) is 185 Å². The first-order valence-corrected chi connectivity index (χ1v) is 19.1. The molecule has 9 nitrogen and oxygen atoms in total. The van der Waals surface area contributed by atoms with E-state index in [2.05, 4.69) is 45.1 Å². The Balaban J connectivity index is -0.000000121. The van der Waals surface area contributed by atoms with Gasteiger partial charge in [-0.25, -0.2) is 19.9 Å². The molecule has 0 spiro atoms. The van der Waals surface area contributed by atoms with E-state index in [9.17, 15) is 0 Å². The van der Waals surface area contributed by atoms with Crippen LogP contribution in [-0.2, 0) is 0 Å². The molecule has 6 aromatic rings. The van der Waals surface area contributed by atoms with Gasteiger partial charge in [-0.3, -0.25) is 15.0 Å². The lowest BCUT2D eigenvalue weighted by atomic mass is 10.3. The Morgan fingerprint density at radius 3 is 1.02 bits per heavy atom. The molecule has 0 amide bonds. The summed E-state index contributed by atoms with van der Waals surface area (Å²) in [6.07, 6.45) is 20.7. The van der Waals surface area contributed by atoms with Crippen molar-refractivity contribution in [3.05, 3.63) is 163 Å². The van der Waals surface area contributed by atoms with Gasteiger partial charge < -0.3 is 0 Å². The fourth-order valence-electron chi connectivity index (χ4n) is 2.41. The van der Waals surface area contributed by atoms with Gasteiger partial charge in [-0.1, -0.05) is 95.2 Å². The van der Waals surface area contributed by atoms with Crippen molar-refractivity contribution in [2.75, 3.05) is 0 Å². The van der Waals surface area contributed by atoms with Crippen molar-refractivity contribution in [1.29, 1.82) is 0 Å². The molecule has 0 radical (unpaired) electrons. The zero-order valence-corrected chi connectivity index (χ0v) is 37.1. The summed E-state index contributed by atoms with van der Waals surface area (Å²) in [5, 5.41) is 7.23. The second-order valence-electron chi connectivity index (χ2n) is 8.71. The van der Waals surface area contributed by atoms with Crippen LogP contribution in [0.1, 0.15) is 117 Å². The van der Waals surface area contributed by atoms with Gasteiger partial charge in [0.05, 0.1) is 6.20 Å². The molecule has 0 aliphatic heterocycles. The number of hydrogen-bond donors (Lipinski definition) is 0. The van der Waals surface area contributed by atoms with Crippen LogP contribution in [0, 0.1) is 41.5 Å². The summed E-state index contributed by atoms with van der Waals surface area (Å²) in [6.45, 7) is 35.9. The summed E-state index contributed by atoms with van der Waals surface area (Å²) in [5.41, 5.74) is 6.80. The number of hydrogen-bond acceptors (Lipinski definition) is 9. The highest BCUT2D eigenvalue weighted by molar-refractivity contribution is 5.06. The molecule has 0 fully saturated rings. The molecule has 6 rings (SSSR count). The summed E-state index contributed by atoms with van der Waals surface area (Å²) < 4.78 is 0. The Kier molecular flexibility index (Phi) is 64.2. The molecule has 9 heteroatoms. The van der Waals surface area contributed by atoms with Gasteiger partial charge in [0.15, 0.2) is 0 Å². The van der Waals surface area contributed by atoms with Crippen LogP contribution in [0.2, 0.25) is 0 Å². The van der Waals surface area contributed by atoms with Gasteiger partial charge in [0, 0.05) is 67.2 Å². The van der Waals surface area contributed by atoms with Gasteiger partial charge in [0.1, 0.15) is 12.7 Å². The number of rotatable bonds is 0. The minimum atomic E-state index is 1.01. The monoisotopic (exact) mass is 742 g/mol. The average molecular weight is 742 g/mol. The largest absolute Gasteiger partial charge is 0.265 e. The Morgan fingerprint density at radius 2 is 0.796 bits per heavy atom. The van der Waals surface area contributed by atoms with Crippen molar-refractivity contribution in [1.82, 2.24) is 45.1 Å². The van der Waals surface area contributed by atoms with Gasteiger partial charge >= 0.3 is 0 Å². The van der Waals surface area contributed by atoms with Crippen molar-refractivity contribution in [3.63, 3.8) is 0 Å². The molecule has 300 valence electrons. The molecule has 6 aromatic heterocycles. The summed E-state index contributed by atoms with van der Waals surface area (Å²) in [4.78, 5) is 26.9.